The van der Waals surface area contributed by atoms with Gasteiger partial charge < -0.3 is 15.4 Å². The summed E-state index contributed by atoms with van der Waals surface area (Å²) in [7, 11) is 0. The Morgan fingerprint density at radius 2 is 1.96 bits per heavy atom. The molecule has 1 aromatic carbocycles. The largest absolute Gasteiger partial charge is 0.367 e. The van der Waals surface area contributed by atoms with Crippen LogP contribution in [0.3, 0.4) is 0 Å². The van der Waals surface area contributed by atoms with E-state index in [1.54, 1.807) is 10.9 Å². The van der Waals surface area contributed by atoms with Gasteiger partial charge in [-0.25, -0.2) is 9.48 Å². The Morgan fingerprint density at radius 3 is 2.59 bits per heavy atom. The van der Waals surface area contributed by atoms with Crippen LogP contribution in [0.1, 0.15) is 20.8 Å². The van der Waals surface area contributed by atoms with Crippen molar-refractivity contribution in [2.24, 2.45) is 5.73 Å². The van der Waals surface area contributed by atoms with Crippen molar-refractivity contribution >= 4 is 17.8 Å². The molecule has 1 unspecified atom stereocenters. The van der Waals surface area contributed by atoms with Gasteiger partial charge in [0.15, 0.2) is 6.10 Å². The monoisotopic (exact) mass is 371 g/mol. The van der Waals surface area contributed by atoms with E-state index in [1.165, 1.54) is 4.90 Å². The third kappa shape index (κ3) is 4.11. The minimum atomic E-state index is -0.786. The maximum absolute atomic E-state index is 12.9. The van der Waals surface area contributed by atoms with E-state index in [2.05, 4.69) is 10.4 Å². The number of aromatic nitrogens is 2. The molecule has 1 atom stereocenters. The first-order chi connectivity index (χ1) is 12.8. The summed E-state index contributed by atoms with van der Waals surface area (Å²) in [5.41, 5.74) is 6.78. The van der Waals surface area contributed by atoms with Crippen LogP contribution in [0.2, 0.25) is 0 Å². The van der Waals surface area contributed by atoms with Crippen LogP contribution < -0.4 is 11.1 Å². The fraction of sp³-hybridized carbons (Fsp3) is 0.421. The molecule has 1 aliphatic heterocycles. The molecular formula is C19H25N5O3. The van der Waals surface area contributed by atoms with Crippen molar-refractivity contribution in [2.75, 3.05) is 25.0 Å². The van der Waals surface area contributed by atoms with E-state index in [0.29, 0.717) is 12.4 Å². The lowest BCUT2D eigenvalue weighted by Crippen LogP contribution is -2.51. The van der Waals surface area contributed by atoms with Gasteiger partial charge in [-0.2, -0.15) is 5.10 Å². The van der Waals surface area contributed by atoms with E-state index < -0.39 is 12.0 Å². The number of nitrogens with one attached hydrogen (secondary N) is 1. The number of anilines is 1. The van der Waals surface area contributed by atoms with Crippen molar-refractivity contribution in [3.63, 3.8) is 0 Å². The molecule has 1 fully saturated rings. The van der Waals surface area contributed by atoms with E-state index in [4.69, 9.17) is 10.5 Å². The summed E-state index contributed by atoms with van der Waals surface area (Å²) in [6.07, 6.45) is 0.965. The number of nitrogens with two attached hydrogens (primary N) is 1. The number of nitrogens with zero attached hydrogens (tertiary/aromatic N) is 3. The molecule has 0 aliphatic carbocycles. The van der Waals surface area contributed by atoms with Gasteiger partial charge in [-0.15, -0.1) is 0 Å². The zero-order chi connectivity index (χ0) is 19.6. The fourth-order valence-electron chi connectivity index (χ4n) is 2.99. The number of hydrogen-bond acceptors (Lipinski definition) is 4. The van der Waals surface area contributed by atoms with Crippen LogP contribution in [0.5, 0.6) is 0 Å². The SMILES string of the molecule is CC(C)(C)n1ncc(-c2ccccc2)c1NC(=O)N1CCOC(C(N)=O)C1. The molecule has 27 heavy (non-hydrogen) atoms. The second-order valence-corrected chi connectivity index (χ2v) is 7.49. The molecule has 0 saturated carbocycles. The first-order valence-electron chi connectivity index (χ1n) is 8.88. The highest BCUT2D eigenvalue weighted by Crippen LogP contribution is 2.32. The van der Waals surface area contributed by atoms with Crippen LogP contribution in [-0.4, -0.2) is 52.4 Å². The summed E-state index contributed by atoms with van der Waals surface area (Å²) in [6.45, 7) is 6.84. The molecule has 2 aromatic rings. The second kappa shape index (κ2) is 7.40. The molecule has 3 amide bonds. The standard InChI is InChI=1S/C19H25N5O3/c1-19(2,3)24-17(14(11-21-24)13-7-5-4-6-8-13)22-18(26)23-9-10-27-15(12-23)16(20)25/h4-8,11,15H,9-10,12H2,1-3H3,(H2,20,25)(H,22,26). The van der Waals surface area contributed by atoms with Crippen LogP contribution in [0.15, 0.2) is 36.5 Å². The predicted molar refractivity (Wildman–Crippen MR) is 102 cm³/mol. The molecule has 1 aromatic heterocycles. The van der Waals surface area contributed by atoms with Crippen LogP contribution in [0.25, 0.3) is 11.1 Å². The minimum absolute atomic E-state index is 0.130. The first-order valence-corrected chi connectivity index (χ1v) is 8.88. The maximum atomic E-state index is 12.9. The third-order valence-corrected chi connectivity index (χ3v) is 4.39. The number of hydrogen-bond donors (Lipinski definition) is 2. The fourth-order valence-corrected chi connectivity index (χ4v) is 2.99. The highest BCUT2D eigenvalue weighted by Gasteiger charge is 2.30. The van der Waals surface area contributed by atoms with E-state index in [1.807, 2.05) is 51.1 Å². The van der Waals surface area contributed by atoms with Crippen LogP contribution >= 0.6 is 0 Å². The summed E-state index contributed by atoms with van der Waals surface area (Å²) < 4.78 is 7.10. The number of urea groups is 1. The Balaban J connectivity index is 1.90. The lowest BCUT2D eigenvalue weighted by atomic mass is 10.1. The summed E-state index contributed by atoms with van der Waals surface area (Å²) in [6, 6.07) is 9.44. The number of carbonyl (C=O) groups excluding carboxylic acids is 2. The molecule has 0 spiro atoms. The van der Waals surface area contributed by atoms with Gasteiger partial charge in [0.25, 0.3) is 0 Å². The van der Waals surface area contributed by atoms with Gasteiger partial charge in [0.1, 0.15) is 5.82 Å². The van der Waals surface area contributed by atoms with Gasteiger partial charge in [0.05, 0.1) is 24.9 Å². The van der Waals surface area contributed by atoms with Gasteiger partial charge in [0, 0.05) is 12.1 Å². The molecule has 1 saturated heterocycles. The van der Waals surface area contributed by atoms with Gasteiger partial charge in [0.2, 0.25) is 5.91 Å². The van der Waals surface area contributed by atoms with E-state index in [0.717, 1.165) is 11.1 Å². The highest BCUT2D eigenvalue weighted by molar-refractivity contribution is 5.93. The topological polar surface area (TPSA) is 102 Å². The summed E-state index contributed by atoms with van der Waals surface area (Å²) in [4.78, 5) is 25.8. The molecule has 144 valence electrons. The van der Waals surface area contributed by atoms with E-state index in [9.17, 15) is 9.59 Å². The molecule has 0 radical (unpaired) electrons. The Kier molecular flexibility index (Phi) is 5.18. The number of primary amides is 1. The van der Waals surface area contributed by atoms with E-state index in [-0.39, 0.29) is 24.7 Å². The van der Waals surface area contributed by atoms with Crippen LogP contribution in [0.4, 0.5) is 10.6 Å². The van der Waals surface area contributed by atoms with Crippen molar-refractivity contribution in [1.29, 1.82) is 0 Å². The maximum Gasteiger partial charge on any atom is 0.323 e. The third-order valence-electron chi connectivity index (χ3n) is 4.39. The Morgan fingerprint density at radius 1 is 1.26 bits per heavy atom. The summed E-state index contributed by atoms with van der Waals surface area (Å²) >= 11 is 0. The molecule has 1 aliphatic rings. The number of benzene rings is 1. The normalized spacial score (nSPS) is 17.6. The number of ether oxygens (including phenoxy) is 1. The molecule has 3 rings (SSSR count). The van der Waals surface area contributed by atoms with Crippen molar-refractivity contribution in [3.8, 4) is 11.1 Å². The van der Waals surface area contributed by atoms with Crippen molar-refractivity contribution in [1.82, 2.24) is 14.7 Å². The number of morpholine rings is 1. The predicted octanol–water partition coefficient (Wildman–Crippen LogP) is 2.02. The molecule has 3 N–H and O–H groups in total. The number of amides is 3. The second-order valence-electron chi connectivity index (χ2n) is 7.49. The minimum Gasteiger partial charge on any atom is -0.367 e. The van der Waals surface area contributed by atoms with Gasteiger partial charge >= 0.3 is 6.03 Å². The van der Waals surface area contributed by atoms with Gasteiger partial charge in [-0.3, -0.25) is 10.1 Å². The lowest BCUT2D eigenvalue weighted by molar-refractivity contribution is -0.133. The van der Waals surface area contributed by atoms with Crippen LogP contribution in [0, 0.1) is 0 Å². The lowest BCUT2D eigenvalue weighted by Gasteiger charge is -2.32. The molecule has 0 bridgehead atoms. The van der Waals surface area contributed by atoms with Crippen LogP contribution in [-0.2, 0) is 15.1 Å². The zero-order valence-corrected chi connectivity index (χ0v) is 15.8. The van der Waals surface area contributed by atoms with Crippen molar-refractivity contribution < 1.29 is 14.3 Å². The quantitative estimate of drug-likeness (QED) is 0.861. The number of rotatable bonds is 3. The van der Waals surface area contributed by atoms with Crippen molar-refractivity contribution in [3.05, 3.63) is 36.5 Å². The average Bonchev–Trinajstić information content (AvgIpc) is 3.06. The molecule has 8 heteroatoms. The summed E-state index contributed by atoms with van der Waals surface area (Å²) in [5.74, 6) is 0.0398. The molecule has 8 nitrogen and oxygen atoms in total. The first kappa shape index (κ1) is 18.9. The van der Waals surface area contributed by atoms with Gasteiger partial charge in [-0.05, 0) is 26.3 Å². The average molecular weight is 371 g/mol. The zero-order valence-electron chi connectivity index (χ0n) is 15.8. The Bertz CT molecular complexity index is 826. The van der Waals surface area contributed by atoms with E-state index >= 15 is 0 Å². The smallest absolute Gasteiger partial charge is 0.323 e. The molecular weight excluding hydrogens is 346 g/mol. The Hall–Kier alpha value is -2.87. The van der Waals surface area contributed by atoms with Gasteiger partial charge in [-0.1, -0.05) is 30.3 Å². The molecule has 2 heterocycles. The summed E-state index contributed by atoms with van der Waals surface area (Å²) in [5, 5.41) is 7.46. The number of carbonyl (C=O) groups is 2. The van der Waals surface area contributed by atoms with Crippen molar-refractivity contribution in [2.45, 2.75) is 32.4 Å². The Labute approximate surface area is 158 Å². The highest BCUT2D eigenvalue weighted by atomic mass is 16.5.